The Balaban J connectivity index is 1.68. The highest BCUT2D eigenvalue weighted by molar-refractivity contribution is 7.89. The SMILES string of the molecule is O=S(=O)(NCCc1cnoc1)c1ccc2c(c1)COC2. The Morgan fingerprint density at radius 2 is 2.10 bits per heavy atom. The van der Waals surface area contributed by atoms with Gasteiger partial charge in [-0.05, 0) is 29.7 Å². The first kappa shape index (κ1) is 13.3. The molecule has 20 heavy (non-hydrogen) atoms. The molecule has 1 aromatic heterocycles. The summed E-state index contributed by atoms with van der Waals surface area (Å²) in [5, 5.41) is 3.57. The first-order valence-corrected chi connectivity index (χ1v) is 7.71. The minimum atomic E-state index is -3.49. The van der Waals surface area contributed by atoms with Gasteiger partial charge in [-0.3, -0.25) is 0 Å². The molecule has 1 aliphatic rings. The largest absolute Gasteiger partial charge is 0.372 e. The maximum absolute atomic E-state index is 12.2. The molecule has 2 heterocycles. The number of benzene rings is 1. The molecular weight excluding hydrogens is 280 g/mol. The maximum Gasteiger partial charge on any atom is 0.240 e. The van der Waals surface area contributed by atoms with E-state index in [1.54, 1.807) is 24.4 Å². The summed E-state index contributed by atoms with van der Waals surface area (Å²) in [6.07, 6.45) is 3.61. The Morgan fingerprint density at radius 1 is 1.25 bits per heavy atom. The lowest BCUT2D eigenvalue weighted by Gasteiger charge is -2.07. The number of hydrogen-bond donors (Lipinski definition) is 1. The van der Waals surface area contributed by atoms with Gasteiger partial charge in [-0.15, -0.1) is 0 Å². The van der Waals surface area contributed by atoms with Crippen LogP contribution in [-0.2, 0) is 34.4 Å². The van der Waals surface area contributed by atoms with E-state index in [0.29, 0.717) is 26.2 Å². The van der Waals surface area contributed by atoms with Crippen molar-refractivity contribution in [1.82, 2.24) is 9.88 Å². The molecule has 0 unspecified atom stereocenters. The normalized spacial score (nSPS) is 14.4. The van der Waals surface area contributed by atoms with E-state index in [2.05, 4.69) is 9.88 Å². The predicted octanol–water partition coefficient (Wildman–Crippen LogP) is 1.23. The number of nitrogens with one attached hydrogen (secondary N) is 1. The molecule has 0 aliphatic carbocycles. The topological polar surface area (TPSA) is 81.4 Å². The van der Waals surface area contributed by atoms with Crippen molar-refractivity contribution < 1.29 is 17.7 Å². The summed E-state index contributed by atoms with van der Waals surface area (Å²) < 4.78 is 36.9. The van der Waals surface area contributed by atoms with Gasteiger partial charge in [0, 0.05) is 12.1 Å². The molecular formula is C13H14N2O4S. The van der Waals surface area contributed by atoms with Crippen molar-refractivity contribution in [2.24, 2.45) is 0 Å². The molecule has 7 heteroatoms. The van der Waals surface area contributed by atoms with Crippen molar-refractivity contribution in [3.63, 3.8) is 0 Å². The van der Waals surface area contributed by atoms with Crippen LogP contribution in [-0.4, -0.2) is 20.1 Å². The van der Waals surface area contributed by atoms with Crippen LogP contribution >= 0.6 is 0 Å². The molecule has 0 atom stereocenters. The molecule has 0 radical (unpaired) electrons. The highest BCUT2D eigenvalue weighted by atomic mass is 32.2. The number of sulfonamides is 1. The molecule has 0 fully saturated rings. The van der Waals surface area contributed by atoms with E-state index in [0.717, 1.165) is 16.7 Å². The predicted molar refractivity (Wildman–Crippen MR) is 70.3 cm³/mol. The fourth-order valence-electron chi connectivity index (χ4n) is 2.08. The zero-order chi connectivity index (χ0) is 14.0. The lowest BCUT2D eigenvalue weighted by Crippen LogP contribution is -2.26. The van der Waals surface area contributed by atoms with E-state index in [1.807, 2.05) is 0 Å². The third-order valence-corrected chi connectivity index (χ3v) is 4.65. The molecule has 106 valence electrons. The monoisotopic (exact) mass is 294 g/mol. The third-order valence-electron chi connectivity index (χ3n) is 3.19. The van der Waals surface area contributed by atoms with Gasteiger partial charge in [0.1, 0.15) is 6.26 Å². The second-order valence-electron chi connectivity index (χ2n) is 4.60. The molecule has 6 nitrogen and oxygen atoms in total. The Morgan fingerprint density at radius 3 is 2.90 bits per heavy atom. The van der Waals surface area contributed by atoms with Crippen LogP contribution in [0.1, 0.15) is 16.7 Å². The molecule has 0 spiro atoms. The molecule has 0 saturated heterocycles. The lowest BCUT2D eigenvalue weighted by molar-refractivity contribution is 0.134. The number of nitrogens with zero attached hydrogens (tertiary/aromatic N) is 1. The van der Waals surface area contributed by atoms with E-state index in [-0.39, 0.29) is 4.90 Å². The highest BCUT2D eigenvalue weighted by Gasteiger charge is 2.18. The Labute approximate surface area is 116 Å². The quantitative estimate of drug-likeness (QED) is 0.897. The van der Waals surface area contributed by atoms with Crippen LogP contribution in [0, 0.1) is 0 Å². The smallest absolute Gasteiger partial charge is 0.240 e. The van der Waals surface area contributed by atoms with E-state index in [4.69, 9.17) is 9.26 Å². The fraction of sp³-hybridized carbons (Fsp3) is 0.308. The van der Waals surface area contributed by atoms with Gasteiger partial charge in [0.15, 0.2) is 0 Å². The lowest BCUT2D eigenvalue weighted by atomic mass is 10.1. The minimum Gasteiger partial charge on any atom is -0.372 e. The van der Waals surface area contributed by atoms with Gasteiger partial charge >= 0.3 is 0 Å². The van der Waals surface area contributed by atoms with Crippen LogP contribution in [0.3, 0.4) is 0 Å². The van der Waals surface area contributed by atoms with E-state index >= 15 is 0 Å². The van der Waals surface area contributed by atoms with Crippen LogP contribution < -0.4 is 4.72 Å². The van der Waals surface area contributed by atoms with Gasteiger partial charge in [0.2, 0.25) is 10.0 Å². The van der Waals surface area contributed by atoms with Crippen molar-refractivity contribution in [2.45, 2.75) is 24.5 Å². The van der Waals surface area contributed by atoms with Crippen molar-refractivity contribution in [3.8, 4) is 0 Å². The number of fused-ring (bicyclic) bond motifs is 1. The van der Waals surface area contributed by atoms with Gasteiger partial charge in [-0.2, -0.15) is 0 Å². The maximum atomic E-state index is 12.2. The minimum absolute atomic E-state index is 0.270. The molecule has 0 bridgehead atoms. The van der Waals surface area contributed by atoms with E-state index in [1.165, 1.54) is 6.26 Å². The van der Waals surface area contributed by atoms with Gasteiger partial charge in [-0.25, -0.2) is 13.1 Å². The average molecular weight is 294 g/mol. The summed E-state index contributed by atoms with van der Waals surface area (Å²) in [5.74, 6) is 0. The Hall–Kier alpha value is -1.70. The third kappa shape index (κ3) is 2.74. The number of aromatic nitrogens is 1. The summed E-state index contributed by atoms with van der Waals surface area (Å²) in [6.45, 7) is 1.33. The molecule has 1 aliphatic heterocycles. The zero-order valence-electron chi connectivity index (χ0n) is 10.7. The summed E-state index contributed by atoms with van der Waals surface area (Å²) in [4.78, 5) is 0.270. The van der Waals surface area contributed by atoms with Gasteiger partial charge < -0.3 is 9.26 Å². The fourth-order valence-corrected chi connectivity index (χ4v) is 3.16. The first-order chi connectivity index (χ1) is 9.65. The second-order valence-corrected chi connectivity index (χ2v) is 6.37. The molecule has 0 saturated carbocycles. The molecule has 0 amide bonds. The molecule has 3 rings (SSSR count). The summed E-state index contributed by atoms with van der Waals surface area (Å²) in [5.41, 5.74) is 2.84. The van der Waals surface area contributed by atoms with Crippen molar-refractivity contribution >= 4 is 10.0 Å². The number of ether oxygens (including phenoxy) is 1. The van der Waals surface area contributed by atoms with Crippen LogP contribution in [0.2, 0.25) is 0 Å². The Bertz CT molecular complexity index is 695. The van der Waals surface area contributed by atoms with Gasteiger partial charge in [0.25, 0.3) is 0 Å². The van der Waals surface area contributed by atoms with Crippen LogP contribution in [0.5, 0.6) is 0 Å². The average Bonchev–Trinajstić information content (AvgIpc) is 3.08. The second kappa shape index (κ2) is 5.35. The standard InChI is InChI=1S/C13H14N2O4S/c16-20(17,15-4-3-10-6-14-19-7-10)13-2-1-11-8-18-9-12(11)5-13/h1-2,5-7,15H,3-4,8-9H2. The Kier molecular flexibility index (Phi) is 3.56. The van der Waals surface area contributed by atoms with E-state index < -0.39 is 10.0 Å². The molecule has 2 aromatic rings. The van der Waals surface area contributed by atoms with Crippen LogP contribution in [0.25, 0.3) is 0 Å². The van der Waals surface area contributed by atoms with Crippen molar-refractivity contribution in [1.29, 1.82) is 0 Å². The number of hydrogen-bond acceptors (Lipinski definition) is 5. The summed E-state index contributed by atoms with van der Waals surface area (Å²) in [7, 11) is -3.49. The molecule has 1 aromatic carbocycles. The van der Waals surface area contributed by atoms with E-state index in [9.17, 15) is 8.42 Å². The first-order valence-electron chi connectivity index (χ1n) is 6.23. The summed E-state index contributed by atoms with van der Waals surface area (Å²) >= 11 is 0. The van der Waals surface area contributed by atoms with Crippen LogP contribution in [0.15, 0.2) is 40.1 Å². The number of rotatable bonds is 5. The highest BCUT2D eigenvalue weighted by Crippen LogP contribution is 2.22. The zero-order valence-corrected chi connectivity index (χ0v) is 11.5. The summed E-state index contributed by atoms with van der Waals surface area (Å²) in [6, 6.07) is 5.08. The van der Waals surface area contributed by atoms with Gasteiger partial charge in [0.05, 0.1) is 24.3 Å². The van der Waals surface area contributed by atoms with Crippen LogP contribution in [0.4, 0.5) is 0 Å². The molecule has 1 N–H and O–H groups in total. The van der Waals surface area contributed by atoms with Crippen molar-refractivity contribution in [2.75, 3.05) is 6.54 Å². The van der Waals surface area contributed by atoms with Gasteiger partial charge in [-0.1, -0.05) is 11.2 Å². The van der Waals surface area contributed by atoms with Crippen molar-refractivity contribution in [3.05, 3.63) is 47.3 Å².